The highest BCUT2D eigenvalue weighted by atomic mass is 32.1. The van der Waals surface area contributed by atoms with Crippen LogP contribution >= 0.6 is 12.2 Å². The molecule has 5 heteroatoms. The lowest BCUT2D eigenvalue weighted by Gasteiger charge is -2.12. The molecule has 0 spiro atoms. The monoisotopic (exact) mass is 253 g/mol. The molecule has 0 saturated carbocycles. The van der Waals surface area contributed by atoms with Crippen LogP contribution in [0.5, 0.6) is 0 Å². The fourth-order valence-corrected chi connectivity index (χ4v) is 2.13. The summed E-state index contributed by atoms with van der Waals surface area (Å²) in [7, 11) is 0. The molecule has 0 amide bonds. The van der Waals surface area contributed by atoms with Gasteiger partial charge in [-0.3, -0.25) is 0 Å². The number of unbranched alkanes of at least 4 members (excludes halogenated alkanes) is 1. The van der Waals surface area contributed by atoms with Crippen LogP contribution in [0.4, 0.5) is 5.82 Å². The molecule has 0 aromatic carbocycles. The number of ether oxygens (including phenoxy) is 1. The Bertz CT molecular complexity index is 412. The maximum atomic E-state index is 5.61. The van der Waals surface area contributed by atoms with Crippen LogP contribution in [0.2, 0.25) is 0 Å². The highest BCUT2D eigenvalue weighted by Gasteiger charge is 2.19. The first kappa shape index (κ1) is 12.5. The molecule has 1 unspecified atom stereocenters. The molecule has 1 fully saturated rings. The average Bonchev–Trinajstić information content (AvgIpc) is 2.82. The Morgan fingerprint density at radius 2 is 2.53 bits per heavy atom. The van der Waals surface area contributed by atoms with Crippen molar-refractivity contribution in [2.24, 2.45) is 0 Å². The first-order valence-corrected chi connectivity index (χ1v) is 6.67. The van der Waals surface area contributed by atoms with Crippen molar-refractivity contribution in [3.8, 4) is 0 Å². The minimum absolute atomic E-state index is 0.0876. The summed E-state index contributed by atoms with van der Waals surface area (Å²) in [6.07, 6.45) is 4.54. The lowest BCUT2D eigenvalue weighted by molar-refractivity contribution is 0.105. The second kappa shape index (κ2) is 6.12. The predicted octanol–water partition coefficient (Wildman–Crippen LogP) is 3.20. The number of nitrogens with zero attached hydrogens (tertiary/aromatic N) is 1. The zero-order valence-corrected chi connectivity index (χ0v) is 11.0. The highest BCUT2D eigenvalue weighted by molar-refractivity contribution is 7.71. The van der Waals surface area contributed by atoms with Crippen LogP contribution in [0.1, 0.15) is 44.5 Å². The summed E-state index contributed by atoms with van der Waals surface area (Å²) < 4.78 is 6.23. The van der Waals surface area contributed by atoms with Crippen molar-refractivity contribution < 1.29 is 4.74 Å². The van der Waals surface area contributed by atoms with E-state index in [1.54, 1.807) is 0 Å². The summed E-state index contributed by atoms with van der Waals surface area (Å²) in [5, 5.41) is 3.33. The van der Waals surface area contributed by atoms with Gasteiger partial charge in [0, 0.05) is 19.2 Å². The zero-order chi connectivity index (χ0) is 12.1. The van der Waals surface area contributed by atoms with Gasteiger partial charge in [0.25, 0.3) is 0 Å². The van der Waals surface area contributed by atoms with Crippen LogP contribution in [-0.4, -0.2) is 23.1 Å². The largest absolute Gasteiger partial charge is 0.372 e. The van der Waals surface area contributed by atoms with E-state index in [-0.39, 0.29) is 6.10 Å². The first-order valence-electron chi connectivity index (χ1n) is 6.26. The van der Waals surface area contributed by atoms with Gasteiger partial charge in [0.05, 0.1) is 0 Å². The zero-order valence-electron chi connectivity index (χ0n) is 10.2. The Labute approximate surface area is 107 Å². The summed E-state index contributed by atoms with van der Waals surface area (Å²) >= 11 is 5.17. The lowest BCUT2D eigenvalue weighted by Crippen LogP contribution is -2.08. The Hall–Kier alpha value is -0.940. The van der Waals surface area contributed by atoms with Crippen molar-refractivity contribution in [1.29, 1.82) is 0 Å². The van der Waals surface area contributed by atoms with Gasteiger partial charge in [-0.05, 0) is 19.3 Å². The minimum Gasteiger partial charge on any atom is -0.372 e. The van der Waals surface area contributed by atoms with Crippen molar-refractivity contribution in [2.45, 2.75) is 38.7 Å². The number of anilines is 1. The SMILES string of the molecule is CCCCNc1cc(=S)nc(C2CCCO2)[nH]1. The van der Waals surface area contributed by atoms with E-state index < -0.39 is 0 Å². The van der Waals surface area contributed by atoms with Crippen molar-refractivity contribution in [1.82, 2.24) is 9.97 Å². The fraction of sp³-hybridized carbons (Fsp3) is 0.667. The van der Waals surface area contributed by atoms with Crippen LogP contribution in [0, 0.1) is 4.64 Å². The van der Waals surface area contributed by atoms with Crippen molar-refractivity contribution in [3.63, 3.8) is 0 Å². The third-order valence-corrected chi connectivity index (χ3v) is 3.05. The number of aromatic nitrogens is 2. The van der Waals surface area contributed by atoms with Crippen molar-refractivity contribution in [3.05, 3.63) is 16.5 Å². The summed E-state index contributed by atoms with van der Waals surface area (Å²) in [6.45, 7) is 3.95. The molecule has 1 aliphatic heterocycles. The van der Waals surface area contributed by atoms with Crippen LogP contribution in [0.15, 0.2) is 6.07 Å². The molecule has 0 bridgehead atoms. The van der Waals surface area contributed by atoms with E-state index >= 15 is 0 Å². The van der Waals surface area contributed by atoms with Gasteiger partial charge in [-0.2, -0.15) is 0 Å². The first-order chi connectivity index (χ1) is 8.29. The van der Waals surface area contributed by atoms with Gasteiger partial charge in [0.15, 0.2) is 0 Å². The van der Waals surface area contributed by atoms with Crippen molar-refractivity contribution >= 4 is 18.0 Å². The molecule has 1 aromatic rings. The predicted molar refractivity (Wildman–Crippen MR) is 70.7 cm³/mol. The van der Waals surface area contributed by atoms with Crippen LogP contribution < -0.4 is 5.32 Å². The molecule has 1 atom stereocenters. The van der Waals surface area contributed by atoms with E-state index in [4.69, 9.17) is 17.0 Å². The van der Waals surface area contributed by atoms with E-state index in [0.717, 1.165) is 44.1 Å². The molecule has 2 N–H and O–H groups in total. The molecule has 4 nitrogen and oxygen atoms in total. The Kier molecular flexibility index (Phi) is 4.50. The van der Waals surface area contributed by atoms with E-state index in [1.165, 1.54) is 6.42 Å². The van der Waals surface area contributed by atoms with Gasteiger partial charge in [-0.25, -0.2) is 4.98 Å². The molecule has 1 aromatic heterocycles. The van der Waals surface area contributed by atoms with Crippen LogP contribution in [0.25, 0.3) is 0 Å². The van der Waals surface area contributed by atoms with E-state index in [2.05, 4.69) is 22.2 Å². The summed E-state index contributed by atoms with van der Waals surface area (Å²) in [6, 6.07) is 1.86. The molecule has 1 saturated heterocycles. The molecule has 1 aliphatic rings. The normalized spacial score (nSPS) is 19.5. The summed E-state index contributed by atoms with van der Waals surface area (Å²) in [4.78, 5) is 7.61. The van der Waals surface area contributed by atoms with Gasteiger partial charge in [0.1, 0.15) is 22.4 Å². The number of aromatic amines is 1. The van der Waals surface area contributed by atoms with Crippen LogP contribution in [0.3, 0.4) is 0 Å². The number of hydrogen-bond acceptors (Lipinski definition) is 4. The van der Waals surface area contributed by atoms with Gasteiger partial charge in [0.2, 0.25) is 0 Å². The Morgan fingerprint density at radius 1 is 1.65 bits per heavy atom. The standard InChI is InChI=1S/C12H19N3OS/c1-2-3-6-13-10-8-11(17)15-12(14-10)9-5-4-7-16-9/h8-9H,2-7H2,1H3,(H2,13,14,15,17). The van der Waals surface area contributed by atoms with E-state index in [0.29, 0.717) is 4.64 Å². The lowest BCUT2D eigenvalue weighted by atomic mass is 10.2. The molecule has 94 valence electrons. The molecular formula is C12H19N3OS. The number of hydrogen-bond donors (Lipinski definition) is 2. The number of nitrogens with one attached hydrogen (secondary N) is 2. The molecular weight excluding hydrogens is 234 g/mol. The van der Waals surface area contributed by atoms with Gasteiger partial charge >= 0.3 is 0 Å². The third-order valence-electron chi connectivity index (χ3n) is 2.84. The Balaban J connectivity index is 2.08. The van der Waals surface area contributed by atoms with Gasteiger partial charge < -0.3 is 15.0 Å². The van der Waals surface area contributed by atoms with Gasteiger partial charge in [-0.15, -0.1) is 0 Å². The van der Waals surface area contributed by atoms with Gasteiger partial charge in [-0.1, -0.05) is 25.6 Å². The molecule has 0 aliphatic carbocycles. The fourth-order valence-electron chi connectivity index (χ4n) is 1.92. The quantitative estimate of drug-likeness (QED) is 0.625. The van der Waals surface area contributed by atoms with E-state index in [1.807, 2.05) is 6.07 Å². The maximum Gasteiger partial charge on any atom is 0.138 e. The highest BCUT2D eigenvalue weighted by Crippen LogP contribution is 2.26. The Morgan fingerprint density at radius 3 is 3.24 bits per heavy atom. The number of rotatable bonds is 5. The molecule has 17 heavy (non-hydrogen) atoms. The van der Waals surface area contributed by atoms with Crippen molar-refractivity contribution in [2.75, 3.05) is 18.5 Å². The third kappa shape index (κ3) is 3.51. The summed E-state index contributed by atoms with van der Waals surface area (Å²) in [5.41, 5.74) is 0. The maximum absolute atomic E-state index is 5.61. The molecule has 2 rings (SSSR count). The summed E-state index contributed by atoms with van der Waals surface area (Å²) in [5.74, 6) is 1.80. The minimum atomic E-state index is 0.0876. The van der Waals surface area contributed by atoms with Crippen LogP contribution in [-0.2, 0) is 4.74 Å². The second-order valence-corrected chi connectivity index (χ2v) is 4.72. The average molecular weight is 253 g/mol. The molecule has 0 radical (unpaired) electrons. The second-order valence-electron chi connectivity index (χ2n) is 4.30. The number of H-pyrrole nitrogens is 1. The smallest absolute Gasteiger partial charge is 0.138 e. The molecule has 2 heterocycles. The van der Waals surface area contributed by atoms with E-state index in [9.17, 15) is 0 Å². The topological polar surface area (TPSA) is 49.9 Å².